The summed E-state index contributed by atoms with van der Waals surface area (Å²) < 4.78 is 27.5. The van der Waals surface area contributed by atoms with Gasteiger partial charge in [0.25, 0.3) is 0 Å². The molecule has 100 valence electrons. The van der Waals surface area contributed by atoms with E-state index in [-0.39, 0.29) is 22.3 Å². The quantitative estimate of drug-likeness (QED) is 0.691. The molecule has 0 aliphatic carbocycles. The van der Waals surface area contributed by atoms with Crippen molar-refractivity contribution in [2.24, 2.45) is 0 Å². The summed E-state index contributed by atoms with van der Waals surface area (Å²) in [5.41, 5.74) is 0.0600. The first-order valence-corrected chi connectivity index (χ1v) is 6.04. The molecule has 0 bridgehead atoms. The summed E-state index contributed by atoms with van der Waals surface area (Å²) in [5, 5.41) is 9.82. The van der Waals surface area contributed by atoms with E-state index in [0.29, 0.717) is 10.9 Å². The van der Waals surface area contributed by atoms with Gasteiger partial charge in [-0.2, -0.15) is 0 Å². The topological polar surface area (TPSA) is 46.0 Å². The largest absolute Gasteiger partial charge is 0.508 e. The number of benzene rings is 2. The van der Waals surface area contributed by atoms with Crippen LogP contribution in [-0.2, 0) is 0 Å². The van der Waals surface area contributed by atoms with Crippen LogP contribution < -0.4 is 0 Å². The summed E-state index contributed by atoms with van der Waals surface area (Å²) >= 11 is 5.98. The Morgan fingerprint density at radius 1 is 1.00 bits per heavy atom. The maximum absolute atomic E-state index is 13.7. The molecule has 1 aromatic heterocycles. The van der Waals surface area contributed by atoms with Gasteiger partial charge >= 0.3 is 0 Å². The fourth-order valence-electron chi connectivity index (χ4n) is 1.90. The first-order chi connectivity index (χ1) is 9.56. The van der Waals surface area contributed by atoms with E-state index in [9.17, 15) is 13.9 Å². The smallest absolute Gasteiger partial charge is 0.167 e. The first-order valence-electron chi connectivity index (χ1n) is 5.67. The average molecular weight is 293 g/mol. The Labute approximate surface area is 117 Å². The van der Waals surface area contributed by atoms with Gasteiger partial charge in [0, 0.05) is 5.39 Å². The number of aromatic nitrogens is 2. The summed E-state index contributed by atoms with van der Waals surface area (Å²) in [6.07, 6.45) is 0. The number of phenols is 1. The van der Waals surface area contributed by atoms with Gasteiger partial charge in [0.1, 0.15) is 22.5 Å². The van der Waals surface area contributed by atoms with Gasteiger partial charge in [0.15, 0.2) is 5.82 Å². The van der Waals surface area contributed by atoms with Gasteiger partial charge in [0.05, 0.1) is 11.1 Å². The number of rotatable bonds is 1. The van der Waals surface area contributed by atoms with E-state index in [1.807, 2.05) is 0 Å². The van der Waals surface area contributed by atoms with Crippen LogP contribution in [0.2, 0.25) is 5.15 Å². The third-order valence-electron chi connectivity index (χ3n) is 2.82. The molecule has 0 spiro atoms. The summed E-state index contributed by atoms with van der Waals surface area (Å²) in [7, 11) is 0. The van der Waals surface area contributed by atoms with Crippen molar-refractivity contribution in [3.05, 3.63) is 53.2 Å². The normalized spacial score (nSPS) is 10.9. The standard InChI is InChI=1S/C14H7ClF2N2O/c15-13-8-6-7(20)4-5-11(8)18-14(19-13)12-9(16)2-1-3-10(12)17/h1-6,20H. The molecule has 0 aliphatic heterocycles. The SMILES string of the molecule is Oc1ccc2nc(-c3c(F)cccc3F)nc(Cl)c2c1. The zero-order chi connectivity index (χ0) is 14.3. The third-order valence-corrected chi connectivity index (χ3v) is 3.11. The highest BCUT2D eigenvalue weighted by Gasteiger charge is 2.16. The van der Waals surface area contributed by atoms with Crippen molar-refractivity contribution in [2.75, 3.05) is 0 Å². The van der Waals surface area contributed by atoms with Crippen molar-refractivity contribution in [3.63, 3.8) is 0 Å². The van der Waals surface area contributed by atoms with E-state index >= 15 is 0 Å². The van der Waals surface area contributed by atoms with Crippen LogP contribution in [0.25, 0.3) is 22.3 Å². The molecule has 0 saturated heterocycles. The van der Waals surface area contributed by atoms with Crippen molar-refractivity contribution in [3.8, 4) is 17.1 Å². The Hall–Kier alpha value is -2.27. The van der Waals surface area contributed by atoms with Crippen LogP contribution in [-0.4, -0.2) is 15.1 Å². The number of hydrogen-bond acceptors (Lipinski definition) is 3. The van der Waals surface area contributed by atoms with Crippen LogP contribution in [0.1, 0.15) is 0 Å². The number of aromatic hydroxyl groups is 1. The molecular formula is C14H7ClF2N2O. The van der Waals surface area contributed by atoms with Gasteiger partial charge in [-0.15, -0.1) is 0 Å². The predicted octanol–water partition coefficient (Wildman–Crippen LogP) is 3.93. The third kappa shape index (κ3) is 2.06. The molecule has 1 N–H and O–H groups in total. The average Bonchev–Trinajstić information content (AvgIpc) is 2.39. The second kappa shape index (κ2) is 4.68. The molecule has 0 saturated carbocycles. The highest BCUT2D eigenvalue weighted by Crippen LogP contribution is 2.29. The maximum atomic E-state index is 13.7. The van der Waals surface area contributed by atoms with E-state index < -0.39 is 11.6 Å². The molecule has 0 amide bonds. The number of hydrogen-bond donors (Lipinski definition) is 1. The van der Waals surface area contributed by atoms with Crippen molar-refractivity contribution >= 4 is 22.5 Å². The van der Waals surface area contributed by atoms with Gasteiger partial charge in [-0.05, 0) is 30.3 Å². The second-order valence-electron chi connectivity index (χ2n) is 4.14. The van der Waals surface area contributed by atoms with E-state index in [0.717, 1.165) is 12.1 Å². The van der Waals surface area contributed by atoms with E-state index in [4.69, 9.17) is 11.6 Å². The van der Waals surface area contributed by atoms with Crippen molar-refractivity contribution in [2.45, 2.75) is 0 Å². The molecule has 0 radical (unpaired) electrons. The molecule has 3 aromatic rings. The fourth-order valence-corrected chi connectivity index (χ4v) is 2.13. The molecule has 0 fully saturated rings. The molecule has 0 unspecified atom stereocenters. The minimum atomic E-state index is -0.765. The van der Waals surface area contributed by atoms with Gasteiger partial charge in [0.2, 0.25) is 0 Å². The van der Waals surface area contributed by atoms with Crippen LogP contribution in [0, 0.1) is 11.6 Å². The second-order valence-corrected chi connectivity index (χ2v) is 4.49. The number of phenolic OH excluding ortho intramolecular Hbond substituents is 1. The number of halogens is 3. The number of fused-ring (bicyclic) bond motifs is 1. The molecular weight excluding hydrogens is 286 g/mol. The zero-order valence-electron chi connectivity index (χ0n) is 9.94. The predicted molar refractivity (Wildman–Crippen MR) is 71.6 cm³/mol. The fraction of sp³-hybridized carbons (Fsp3) is 0. The first kappa shape index (κ1) is 12.7. The molecule has 3 rings (SSSR count). The molecule has 3 nitrogen and oxygen atoms in total. The summed E-state index contributed by atoms with van der Waals surface area (Å²) in [5.74, 6) is -1.66. The highest BCUT2D eigenvalue weighted by molar-refractivity contribution is 6.34. The van der Waals surface area contributed by atoms with Crippen molar-refractivity contribution in [1.82, 2.24) is 9.97 Å². The summed E-state index contributed by atoms with van der Waals surface area (Å²) in [4.78, 5) is 7.98. The maximum Gasteiger partial charge on any atom is 0.167 e. The lowest BCUT2D eigenvalue weighted by Gasteiger charge is -2.06. The number of nitrogens with zero attached hydrogens (tertiary/aromatic N) is 2. The molecule has 2 aromatic carbocycles. The van der Waals surface area contributed by atoms with E-state index in [1.54, 1.807) is 0 Å². The zero-order valence-corrected chi connectivity index (χ0v) is 10.7. The van der Waals surface area contributed by atoms with Crippen LogP contribution in [0.5, 0.6) is 5.75 Å². The molecule has 0 aliphatic rings. The van der Waals surface area contributed by atoms with E-state index in [2.05, 4.69) is 9.97 Å². The Balaban J connectivity index is 2.31. The van der Waals surface area contributed by atoms with E-state index in [1.165, 1.54) is 24.3 Å². The highest BCUT2D eigenvalue weighted by atomic mass is 35.5. The Morgan fingerprint density at radius 3 is 2.40 bits per heavy atom. The van der Waals surface area contributed by atoms with Crippen LogP contribution in [0.3, 0.4) is 0 Å². The van der Waals surface area contributed by atoms with Crippen molar-refractivity contribution < 1.29 is 13.9 Å². The summed E-state index contributed by atoms with van der Waals surface area (Å²) in [6.45, 7) is 0. The minimum absolute atomic E-state index is 0.00724. The molecule has 20 heavy (non-hydrogen) atoms. The van der Waals surface area contributed by atoms with Gasteiger partial charge in [-0.1, -0.05) is 17.7 Å². The Bertz CT molecular complexity index is 803. The molecule has 6 heteroatoms. The van der Waals surface area contributed by atoms with Crippen LogP contribution >= 0.6 is 11.6 Å². The lowest BCUT2D eigenvalue weighted by Crippen LogP contribution is -1.97. The van der Waals surface area contributed by atoms with Crippen molar-refractivity contribution in [1.29, 1.82) is 0 Å². The monoisotopic (exact) mass is 292 g/mol. The Kier molecular flexibility index (Phi) is 2.99. The Morgan fingerprint density at radius 2 is 1.70 bits per heavy atom. The van der Waals surface area contributed by atoms with Gasteiger partial charge < -0.3 is 5.11 Å². The van der Waals surface area contributed by atoms with Gasteiger partial charge in [-0.3, -0.25) is 0 Å². The minimum Gasteiger partial charge on any atom is -0.508 e. The lowest BCUT2D eigenvalue weighted by molar-refractivity contribution is 0.476. The van der Waals surface area contributed by atoms with Gasteiger partial charge in [-0.25, -0.2) is 18.7 Å². The molecule has 0 atom stereocenters. The molecule has 1 heterocycles. The van der Waals surface area contributed by atoms with Crippen LogP contribution in [0.4, 0.5) is 8.78 Å². The van der Waals surface area contributed by atoms with Crippen LogP contribution in [0.15, 0.2) is 36.4 Å². The summed E-state index contributed by atoms with van der Waals surface area (Å²) in [6, 6.07) is 7.80. The lowest BCUT2D eigenvalue weighted by atomic mass is 10.1.